The maximum Gasteiger partial charge on any atom is 0.293 e. The van der Waals surface area contributed by atoms with E-state index < -0.39 is 0 Å². The predicted molar refractivity (Wildman–Crippen MR) is 117 cm³/mol. The molecule has 0 aliphatic carbocycles. The molecule has 0 aliphatic rings. The van der Waals surface area contributed by atoms with E-state index in [2.05, 4.69) is 30.2 Å². The van der Waals surface area contributed by atoms with E-state index in [4.69, 9.17) is 4.42 Å². The van der Waals surface area contributed by atoms with Gasteiger partial charge in [0.05, 0.1) is 5.69 Å². The number of carbonyl (C=O) groups is 2. The molecule has 1 amide bonds. The molecule has 0 fully saturated rings. The maximum absolute atomic E-state index is 12.5. The summed E-state index contributed by atoms with van der Waals surface area (Å²) in [4.78, 5) is 30.9. The first-order valence-electron chi connectivity index (χ1n) is 8.96. The van der Waals surface area contributed by atoms with Crippen molar-refractivity contribution in [3.63, 3.8) is 0 Å². The molecule has 0 radical (unpaired) electrons. The van der Waals surface area contributed by atoms with E-state index in [-0.39, 0.29) is 17.5 Å². The fraction of sp³-hybridized carbons (Fsp3) is 0.136. The van der Waals surface area contributed by atoms with E-state index in [9.17, 15) is 9.59 Å². The van der Waals surface area contributed by atoms with Crippen molar-refractivity contribution in [3.8, 4) is 22.6 Å². The van der Waals surface area contributed by atoms with Gasteiger partial charge in [0.15, 0.2) is 16.7 Å². The number of aromatic nitrogens is 1. The lowest BCUT2D eigenvalue weighted by Crippen LogP contribution is -2.10. The fourth-order valence-electron chi connectivity index (χ4n) is 2.98. The smallest absolute Gasteiger partial charge is 0.293 e. The van der Waals surface area contributed by atoms with Gasteiger partial charge in [0.1, 0.15) is 5.76 Å². The Morgan fingerprint density at radius 3 is 2.48 bits per heavy atom. The van der Waals surface area contributed by atoms with Gasteiger partial charge in [0, 0.05) is 31.8 Å². The van der Waals surface area contributed by atoms with Crippen molar-refractivity contribution in [1.82, 2.24) is 4.98 Å². The number of Topliss-reactive ketones (excluding diaryl/α,β-unsaturated/α-hetero) is 1. The summed E-state index contributed by atoms with van der Waals surface area (Å²) in [5.41, 5.74) is 3.39. The summed E-state index contributed by atoms with van der Waals surface area (Å²) in [6.07, 6.45) is 0. The van der Waals surface area contributed by atoms with Crippen LogP contribution in [0.15, 0.2) is 52.3 Å². The molecule has 0 spiro atoms. The Morgan fingerprint density at radius 2 is 1.83 bits per heavy atom. The second-order valence-electron chi connectivity index (χ2n) is 6.62. The summed E-state index contributed by atoms with van der Waals surface area (Å²) in [6.45, 7) is 5.66. The summed E-state index contributed by atoms with van der Waals surface area (Å²) in [7, 11) is 0. The van der Waals surface area contributed by atoms with Gasteiger partial charge in [0.25, 0.3) is 5.91 Å². The molecule has 3 heterocycles. The van der Waals surface area contributed by atoms with Gasteiger partial charge in [0.2, 0.25) is 0 Å². The van der Waals surface area contributed by atoms with E-state index in [1.807, 2.05) is 5.38 Å². The number of amides is 1. The number of thiazole rings is 1. The Balaban J connectivity index is 1.48. The minimum atomic E-state index is -0.351. The van der Waals surface area contributed by atoms with Gasteiger partial charge in [-0.2, -0.15) is 0 Å². The Morgan fingerprint density at radius 1 is 1.07 bits per heavy atom. The highest BCUT2D eigenvalue weighted by molar-refractivity contribution is 7.14. The fourth-order valence-corrected chi connectivity index (χ4v) is 4.62. The number of hydrogen-bond acceptors (Lipinski definition) is 6. The van der Waals surface area contributed by atoms with Crippen molar-refractivity contribution in [2.45, 2.75) is 20.8 Å². The molecule has 1 aromatic carbocycles. The van der Waals surface area contributed by atoms with Crippen LogP contribution in [0.4, 0.5) is 5.13 Å². The lowest BCUT2D eigenvalue weighted by Gasteiger charge is -2.00. The lowest BCUT2D eigenvalue weighted by atomic mass is 10.1. The number of furan rings is 1. The van der Waals surface area contributed by atoms with E-state index in [1.165, 1.54) is 28.0 Å². The number of carbonyl (C=O) groups excluding carboxylic acids is 2. The topological polar surface area (TPSA) is 72.2 Å². The molecule has 0 aliphatic heterocycles. The van der Waals surface area contributed by atoms with Gasteiger partial charge < -0.3 is 4.42 Å². The third-order valence-corrected chi connectivity index (χ3v) is 6.17. The second kappa shape index (κ2) is 7.77. The van der Waals surface area contributed by atoms with Crippen molar-refractivity contribution < 1.29 is 14.0 Å². The molecule has 7 heteroatoms. The molecule has 5 nitrogen and oxygen atoms in total. The number of nitrogens with one attached hydrogen (secondary N) is 1. The van der Waals surface area contributed by atoms with E-state index >= 15 is 0 Å². The zero-order valence-electron chi connectivity index (χ0n) is 16.1. The van der Waals surface area contributed by atoms with Crippen LogP contribution in [0, 0.1) is 13.8 Å². The molecule has 0 bridgehead atoms. The minimum Gasteiger partial charge on any atom is -0.451 e. The molecule has 3 aromatic heterocycles. The van der Waals surface area contributed by atoms with E-state index in [0.29, 0.717) is 16.5 Å². The summed E-state index contributed by atoms with van der Waals surface area (Å²) in [5.74, 6) is 0.423. The Hall–Kier alpha value is -3.03. The highest BCUT2D eigenvalue weighted by atomic mass is 32.1. The number of ketones is 1. The predicted octanol–water partition coefficient (Wildman–Crippen LogP) is 6.20. The van der Waals surface area contributed by atoms with E-state index in [1.54, 1.807) is 47.7 Å². The highest BCUT2D eigenvalue weighted by Gasteiger charge is 2.16. The van der Waals surface area contributed by atoms with Gasteiger partial charge in [-0.1, -0.05) is 24.3 Å². The van der Waals surface area contributed by atoms with Crippen LogP contribution in [0.3, 0.4) is 0 Å². The second-order valence-corrected chi connectivity index (χ2v) is 8.93. The first-order chi connectivity index (χ1) is 13.9. The molecule has 0 atom stereocenters. The molecule has 0 saturated carbocycles. The molecule has 146 valence electrons. The number of hydrogen-bond donors (Lipinski definition) is 1. The molecule has 4 aromatic rings. The molecule has 29 heavy (non-hydrogen) atoms. The van der Waals surface area contributed by atoms with Crippen molar-refractivity contribution in [1.29, 1.82) is 0 Å². The van der Waals surface area contributed by atoms with Gasteiger partial charge in [-0.15, -0.1) is 22.7 Å². The molecule has 0 unspecified atom stereocenters. The van der Waals surface area contributed by atoms with Gasteiger partial charge >= 0.3 is 0 Å². The molecule has 1 N–H and O–H groups in total. The van der Waals surface area contributed by atoms with Crippen LogP contribution < -0.4 is 5.32 Å². The molecule has 4 rings (SSSR count). The van der Waals surface area contributed by atoms with Gasteiger partial charge in [-0.05, 0) is 39.0 Å². The van der Waals surface area contributed by atoms with Crippen LogP contribution in [-0.4, -0.2) is 16.7 Å². The minimum absolute atomic E-state index is 0.00619. The lowest BCUT2D eigenvalue weighted by molar-refractivity contribution is 0.0994. The first-order valence-corrected chi connectivity index (χ1v) is 10.7. The number of anilines is 1. The highest BCUT2D eigenvalue weighted by Crippen LogP contribution is 2.33. The average Bonchev–Trinajstić information content (AvgIpc) is 3.42. The largest absolute Gasteiger partial charge is 0.451 e. The third-order valence-electron chi connectivity index (χ3n) is 4.45. The monoisotopic (exact) mass is 422 g/mol. The summed E-state index contributed by atoms with van der Waals surface area (Å²) >= 11 is 3.11. The average molecular weight is 423 g/mol. The van der Waals surface area contributed by atoms with Gasteiger partial charge in [-0.25, -0.2) is 4.98 Å². The van der Waals surface area contributed by atoms with Crippen LogP contribution in [0.2, 0.25) is 0 Å². The number of nitrogens with zero attached hydrogens (tertiary/aromatic N) is 1. The van der Waals surface area contributed by atoms with Crippen molar-refractivity contribution >= 4 is 39.5 Å². The van der Waals surface area contributed by atoms with Gasteiger partial charge in [-0.3, -0.25) is 14.9 Å². The summed E-state index contributed by atoms with van der Waals surface area (Å²) in [5, 5.41) is 5.26. The number of aryl methyl sites for hydroxylation is 2. The van der Waals surface area contributed by atoms with E-state index in [0.717, 1.165) is 16.8 Å². The normalized spacial score (nSPS) is 10.9. The zero-order chi connectivity index (χ0) is 20.5. The number of rotatable bonds is 5. The van der Waals surface area contributed by atoms with Crippen molar-refractivity contribution in [2.75, 3.05) is 5.32 Å². The van der Waals surface area contributed by atoms with Crippen molar-refractivity contribution in [2.24, 2.45) is 0 Å². The maximum atomic E-state index is 12.5. The van der Waals surface area contributed by atoms with Crippen LogP contribution in [-0.2, 0) is 0 Å². The number of thiophene rings is 1. The SMILES string of the molecule is CC(=O)c1ccc(-c2ccc(C(=O)Nc3nc(-c4cc(C)sc4C)cs3)o2)cc1. The molecule has 0 saturated heterocycles. The van der Waals surface area contributed by atoms with Crippen LogP contribution in [0.5, 0.6) is 0 Å². The number of benzene rings is 1. The molecular formula is C22H18N2O3S2. The van der Waals surface area contributed by atoms with Crippen molar-refractivity contribution in [3.05, 3.63) is 68.9 Å². The Bertz CT molecular complexity index is 1200. The quantitative estimate of drug-likeness (QED) is 0.389. The van der Waals surface area contributed by atoms with Crippen LogP contribution in [0.1, 0.15) is 37.6 Å². The Kier molecular flexibility index (Phi) is 5.17. The summed E-state index contributed by atoms with van der Waals surface area (Å²) < 4.78 is 5.70. The third kappa shape index (κ3) is 4.06. The standard InChI is InChI=1S/C22H18N2O3S2/c1-12-10-17(14(3)29-12)18-11-28-22(23-18)24-21(26)20-9-8-19(27-20)16-6-4-15(5-7-16)13(2)25/h4-11H,1-3H3,(H,23,24,26). The van der Waals surface area contributed by atoms with Crippen LogP contribution >= 0.6 is 22.7 Å². The Labute approximate surface area is 176 Å². The summed E-state index contributed by atoms with van der Waals surface area (Å²) in [6, 6.07) is 12.6. The zero-order valence-corrected chi connectivity index (χ0v) is 17.7. The first kappa shape index (κ1) is 19.3. The molecular weight excluding hydrogens is 404 g/mol. The van der Waals surface area contributed by atoms with Crippen LogP contribution in [0.25, 0.3) is 22.6 Å².